The molecule has 4 heteroatoms. The monoisotopic (exact) mass is 282 g/mol. The van der Waals surface area contributed by atoms with Gasteiger partial charge in [-0.15, -0.1) is 0 Å². The van der Waals surface area contributed by atoms with Gasteiger partial charge in [-0.3, -0.25) is 4.90 Å². The molecule has 0 amide bonds. The van der Waals surface area contributed by atoms with Crippen LogP contribution in [0.4, 0.5) is 0 Å². The Hall–Kier alpha value is -0.160. The summed E-state index contributed by atoms with van der Waals surface area (Å²) < 4.78 is 5.61. The highest BCUT2D eigenvalue weighted by molar-refractivity contribution is 5.03. The first-order valence-corrected chi connectivity index (χ1v) is 8.44. The van der Waals surface area contributed by atoms with Crippen molar-refractivity contribution in [2.24, 2.45) is 5.92 Å². The van der Waals surface area contributed by atoms with Crippen LogP contribution in [-0.4, -0.2) is 60.5 Å². The zero-order valence-electron chi connectivity index (χ0n) is 12.8. The molecule has 3 aliphatic rings. The summed E-state index contributed by atoms with van der Waals surface area (Å²) in [6.45, 7) is 6.64. The van der Waals surface area contributed by atoms with Gasteiger partial charge in [0, 0.05) is 24.7 Å². The molecule has 20 heavy (non-hydrogen) atoms. The van der Waals surface area contributed by atoms with Crippen molar-refractivity contribution in [2.75, 3.05) is 32.8 Å². The first kappa shape index (κ1) is 14.8. The summed E-state index contributed by atoms with van der Waals surface area (Å²) in [6, 6.07) is 0.686. The molecule has 0 spiro atoms. The molecule has 0 aromatic carbocycles. The van der Waals surface area contributed by atoms with E-state index in [1.165, 1.54) is 32.1 Å². The van der Waals surface area contributed by atoms with Crippen LogP contribution in [0.25, 0.3) is 0 Å². The number of rotatable bonds is 6. The summed E-state index contributed by atoms with van der Waals surface area (Å²) in [6.07, 6.45) is 7.90. The average Bonchev–Trinajstić information content (AvgIpc) is 3.16. The third-order valence-electron chi connectivity index (χ3n) is 5.43. The fraction of sp³-hybridized carbons (Fsp3) is 1.00. The highest BCUT2D eigenvalue weighted by atomic mass is 16.5. The molecule has 0 bridgehead atoms. The Morgan fingerprint density at radius 3 is 2.90 bits per heavy atom. The Labute approximate surface area is 122 Å². The van der Waals surface area contributed by atoms with Crippen LogP contribution in [-0.2, 0) is 4.74 Å². The van der Waals surface area contributed by atoms with Gasteiger partial charge < -0.3 is 15.2 Å². The molecule has 3 unspecified atom stereocenters. The second-order valence-corrected chi connectivity index (χ2v) is 7.09. The van der Waals surface area contributed by atoms with Crippen LogP contribution in [0.2, 0.25) is 0 Å². The molecule has 3 fully saturated rings. The average molecular weight is 282 g/mol. The van der Waals surface area contributed by atoms with Gasteiger partial charge >= 0.3 is 0 Å². The zero-order valence-corrected chi connectivity index (χ0v) is 12.8. The lowest BCUT2D eigenvalue weighted by atomic mass is 9.85. The van der Waals surface area contributed by atoms with E-state index in [2.05, 4.69) is 17.1 Å². The molecular weight excluding hydrogens is 252 g/mol. The molecule has 3 rings (SSSR count). The van der Waals surface area contributed by atoms with E-state index in [1.807, 2.05) is 0 Å². The summed E-state index contributed by atoms with van der Waals surface area (Å²) in [5, 5.41) is 13.7. The minimum absolute atomic E-state index is 0.0269. The Morgan fingerprint density at radius 2 is 2.20 bits per heavy atom. The molecule has 2 aliphatic carbocycles. The number of hydrogen-bond acceptors (Lipinski definition) is 4. The van der Waals surface area contributed by atoms with E-state index >= 15 is 0 Å². The molecule has 0 radical (unpaired) electrons. The Balaban J connectivity index is 1.52. The van der Waals surface area contributed by atoms with Crippen molar-refractivity contribution in [1.82, 2.24) is 10.2 Å². The standard InChI is InChI=1S/C16H30N2O2/c1-13-11-18(9-10-20-13)8-6-14-3-2-7-16(14,12-19)17-15-4-5-15/h13-15,17,19H,2-12H2,1H3. The van der Waals surface area contributed by atoms with Gasteiger partial charge in [-0.2, -0.15) is 0 Å². The summed E-state index contributed by atoms with van der Waals surface area (Å²) in [7, 11) is 0. The molecule has 116 valence electrons. The Bertz CT molecular complexity index is 322. The summed E-state index contributed by atoms with van der Waals surface area (Å²) in [4.78, 5) is 2.53. The molecule has 3 atom stereocenters. The number of aliphatic hydroxyl groups excluding tert-OH is 1. The van der Waals surface area contributed by atoms with Crippen molar-refractivity contribution in [1.29, 1.82) is 0 Å². The lowest BCUT2D eigenvalue weighted by molar-refractivity contribution is -0.0214. The van der Waals surface area contributed by atoms with Crippen molar-refractivity contribution in [2.45, 2.75) is 63.1 Å². The number of aliphatic hydroxyl groups is 1. The number of hydrogen-bond donors (Lipinski definition) is 2. The van der Waals surface area contributed by atoms with Gasteiger partial charge in [-0.25, -0.2) is 0 Å². The lowest BCUT2D eigenvalue weighted by Crippen LogP contribution is -2.53. The summed E-state index contributed by atoms with van der Waals surface area (Å²) >= 11 is 0. The number of ether oxygens (including phenoxy) is 1. The molecule has 0 aromatic heterocycles. The zero-order chi connectivity index (χ0) is 14.0. The van der Waals surface area contributed by atoms with E-state index in [0.717, 1.165) is 32.7 Å². The van der Waals surface area contributed by atoms with E-state index in [4.69, 9.17) is 4.74 Å². The fourth-order valence-electron chi connectivity index (χ4n) is 4.08. The van der Waals surface area contributed by atoms with Crippen LogP contribution in [0, 0.1) is 5.92 Å². The van der Waals surface area contributed by atoms with Gasteiger partial charge in [-0.1, -0.05) is 6.42 Å². The smallest absolute Gasteiger partial charge is 0.0674 e. The van der Waals surface area contributed by atoms with E-state index < -0.39 is 0 Å². The summed E-state index contributed by atoms with van der Waals surface area (Å²) in [5.74, 6) is 0.645. The fourth-order valence-corrected chi connectivity index (χ4v) is 4.08. The maximum atomic E-state index is 9.95. The lowest BCUT2D eigenvalue weighted by Gasteiger charge is -2.37. The second kappa shape index (κ2) is 6.30. The molecule has 2 N–H and O–H groups in total. The number of morpholine rings is 1. The predicted octanol–water partition coefficient (Wildman–Crippen LogP) is 1.38. The maximum Gasteiger partial charge on any atom is 0.0674 e. The van der Waals surface area contributed by atoms with E-state index in [0.29, 0.717) is 24.7 Å². The van der Waals surface area contributed by atoms with Crippen molar-refractivity contribution in [3.05, 3.63) is 0 Å². The molecule has 2 saturated carbocycles. The quantitative estimate of drug-likeness (QED) is 0.772. The molecule has 4 nitrogen and oxygen atoms in total. The minimum atomic E-state index is 0.0269. The molecule has 1 heterocycles. The first-order chi connectivity index (χ1) is 9.72. The van der Waals surface area contributed by atoms with Crippen LogP contribution in [0.3, 0.4) is 0 Å². The first-order valence-electron chi connectivity index (χ1n) is 8.44. The highest BCUT2D eigenvalue weighted by Crippen LogP contribution is 2.40. The molecule has 0 aromatic rings. The van der Waals surface area contributed by atoms with Gasteiger partial charge in [-0.05, 0) is 51.5 Å². The summed E-state index contributed by atoms with van der Waals surface area (Å²) in [5.41, 5.74) is 0.0269. The van der Waals surface area contributed by atoms with Crippen LogP contribution in [0.15, 0.2) is 0 Å². The van der Waals surface area contributed by atoms with Crippen LogP contribution in [0.1, 0.15) is 45.4 Å². The largest absolute Gasteiger partial charge is 0.394 e. The van der Waals surface area contributed by atoms with Gasteiger partial charge in [0.15, 0.2) is 0 Å². The normalized spacial score (nSPS) is 39.3. The van der Waals surface area contributed by atoms with Crippen LogP contribution in [0.5, 0.6) is 0 Å². The Morgan fingerprint density at radius 1 is 1.35 bits per heavy atom. The molecular formula is C16H30N2O2. The highest BCUT2D eigenvalue weighted by Gasteiger charge is 2.44. The van der Waals surface area contributed by atoms with Crippen LogP contribution >= 0.6 is 0 Å². The molecule has 1 aliphatic heterocycles. The van der Waals surface area contributed by atoms with Crippen LogP contribution < -0.4 is 5.32 Å². The third-order valence-corrected chi connectivity index (χ3v) is 5.43. The van der Waals surface area contributed by atoms with Crippen molar-refractivity contribution < 1.29 is 9.84 Å². The maximum absolute atomic E-state index is 9.95. The van der Waals surface area contributed by atoms with Crippen molar-refractivity contribution >= 4 is 0 Å². The number of nitrogens with one attached hydrogen (secondary N) is 1. The SMILES string of the molecule is CC1CN(CCC2CCCC2(CO)NC2CC2)CCO1. The van der Waals surface area contributed by atoms with Gasteiger partial charge in [0.1, 0.15) is 0 Å². The second-order valence-electron chi connectivity index (χ2n) is 7.09. The van der Waals surface area contributed by atoms with Crippen molar-refractivity contribution in [3.8, 4) is 0 Å². The van der Waals surface area contributed by atoms with E-state index in [9.17, 15) is 5.11 Å². The van der Waals surface area contributed by atoms with Gasteiger partial charge in [0.05, 0.1) is 19.3 Å². The van der Waals surface area contributed by atoms with E-state index in [1.54, 1.807) is 0 Å². The molecule has 1 saturated heterocycles. The van der Waals surface area contributed by atoms with Gasteiger partial charge in [0.25, 0.3) is 0 Å². The predicted molar refractivity (Wildman–Crippen MR) is 79.8 cm³/mol. The Kier molecular flexibility index (Phi) is 4.65. The topological polar surface area (TPSA) is 44.7 Å². The van der Waals surface area contributed by atoms with Crippen molar-refractivity contribution in [3.63, 3.8) is 0 Å². The number of nitrogens with zero attached hydrogens (tertiary/aromatic N) is 1. The minimum Gasteiger partial charge on any atom is -0.394 e. The third kappa shape index (κ3) is 3.35. The van der Waals surface area contributed by atoms with Gasteiger partial charge in [0.2, 0.25) is 0 Å². The van der Waals surface area contributed by atoms with E-state index in [-0.39, 0.29) is 5.54 Å².